The van der Waals surface area contributed by atoms with Crippen LogP contribution in [-0.2, 0) is 4.79 Å². The highest BCUT2D eigenvalue weighted by Gasteiger charge is 2.18. The summed E-state index contributed by atoms with van der Waals surface area (Å²) in [6.45, 7) is 7.99. The minimum atomic E-state index is -0.682. The molecule has 1 amide bonds. The van der Waals surface area contributed by atoms with Crippen LogP contribution in [0.25, 0.3) is 10.9 Å². The number of hydrogen-bond donors (Lipinski definition) is 1. The van der Waals surface area contributed by atoms with Gasteiger partial charge in [0.15, 0.2) is 6.10 Å². The topological polar surface area (TPSA) is 60.5 Å². The number of anilines is 1. The van der Waals surface area contributed by atoms with Crippen LogP contribution in [0.15, 0.2) is 42.6 Å². The fraction of sp³-hybridized carbons (Fsp3) is 0.273. The second kappa shape index (κ2) is 8.48. The SMILES string of the molecule is CCOc1ccc(NC(=O)[C@@H](C)Oc2cc(C)c(Cl)c(C)c2)c2cccnc12. The van der Waals surface area contributed by atoms with Crippen molar-refractivity contribution in [1.29, 1.82) is 0 Å². The highest BCUT2D eigenvalue weighted by molar-refractivity contribution is 6.32. The van der Waals surface area contributed by atoms with Gasteiger partial charge in [-0.05, 0) is 75.2 Å². The van der Waals surface area contributed by atoms with E-state index in [0.717, 1.165) is 16.5 Å². The Morgan fingerprint density at radius 1 is 1.21 bits per heavy atom. The first-order chi connectivity index (χ1) is 13.4. The molecular formula is C22H23ClN2O3. The largest absolute Gasteiger partial charge is 0.492 e. The Morgan fingerprint density at radius 3 is 2.61 bits per heavy atom. The average molecular weight is 399 g/mol. The number of fused-ring (bicyclic) bond motifs is 1. The second-order valence-corrected chi connectivity index (χ2v) is 6.94. The standard InChI is InChI=1S/C22H23ClN2O3/c1-5-27-19-9-8-18(17-7-6-10-24-21(17)19)25-22(26)15(4)28-16-11-13(2)20(23)14(3)12-16/h6-12,15H,5H2,1-4H3,(H,25,26)/t15-/m1/s1. The fourth-order valence-corrected chi connectivity index (χ4v) is 3.10. The van der Waals surface area contributed by atoms with Gasteiger partial charge in [-0.2, -0.15) is 0 Å². The molecule has 0 spiro atoms. The van der Waals surface area contributed by atoms with Gasteiger partial charge in [-0.15, -0.1) is 0 Å². The molecule has 0 bridgehead atoms. The molecule has 6 heteroatoms. The number of pyridine rings is 1. The first-order valence-electron chi connectivity index (χ1n) is 9.15. The van der Waals surface area contributed by atoms with E-state index in [9.17, 15) is 4.79 Å². The zero-order valence-electron chi connectivity index (χ0n) is 16.4. The predicted octanol–water partition coefficient (Wildman–Crippen LogP) is 5.31. The number of nitrogens with one attached hydrogen (secondary N) is 1. The quantitative estimate of drug-likeness (QED) is 0.611. The molecule has 0 aliphatic heterocycles. The van der Waals surface area contributed by atoms with E-state index < -0.39 is 6.10 Å². The maximum absolute atomic E-state index is 12.7. The summed E-state index contributed by atoms with van der Waals surface area (Å²) in [6.07, 6.45) is 1.02. The zero-order valence-corrected chi connectivity index (χ0v) is 17.1. The number of carbonyl (C=O) groups is 1. The maximum Gasteiger partial charge on any atom is 0.265 e. The normalized spacial score (nSPS) is 11.9. The third kappa shape index (κ3) is 4.20. The van der Waals surface area contributed by atoms with E-state index in [-0.39, 0.29) is 5.91 Å². The minimum Gasteiger partial charge on any atom is -0.492 e. The molecule has 0 unspecified atom stereocenters. The van der Waals surface area contributed by atoms with Crippen LogP contribution in [-0.4, -0.2) is 23.6 Å². The summed E-state index contributed by atoms with van der Waals surface area (Å²) in [6, 6.07) is 11.0. The summed E-state index contributed by atoms with van der Waals surface area (Å²) >= 11 is 6.20. The monoisotopic (exact) mass is 398 g/mol. The number of rotatable bonds is 6. The van der Waals surface area contributed by atoms with Crippen LogP contribution < -0.4 is 14.8 Å². The highest BCUT2D eigenvalue weighted by Crippen LogP contribution is 2.30. The lowest BCUT2D eigenvalue weighted by atomic mass is 10.1. The first kappa shape index (κ1) is 20.0. The third-order valence-electron chi connectivity index (χ3n) is 4.38. The van der Waals surface area contributed by atoms with Gasteiger partial charge in [-0.25, -0.2) is 0 Å². The molecule has 5 nitrogen and oxygen atoms in total. The Morgan fingerprint density at radius 2 is 1.93 bits per heavy atom. The molecule has 2 aromatic carbocycles. The van der Waals surface area contributed by atoms with Crippen molar-refractivity contribution in [2.24, 2.45) is 0 Å². The van der Waals surface area contributed by atoms with Gasteiger partial charge in [0.25, 0.3) is 5.91 Å². The molecule has 0 saturated heterocycles. The first-order valence-corrected chi connectivity index (χ1v) is 9.53. The van der Waals surface area contributed by atoms with Crippen molar-refractivity contribution in [3.63, 3.8) is 0 Å². The van der Waals surface area contributed by atoms with E-state index in [1.54, 1.807) is 13.1 Å². The van der Waals surface area contributed by atoms with Crippen molar-refractivity contribution in [2.45, 2.75) is 33.8 Å². The zero-order chi connectivity index (χ0) is 20.3. The number of amides is 1. The Bertz CT molecular complexity index is 997. The number of carbonyl (C=O) groups excluding carboxylic acids is 1. The number of hydrogen-bond acceptors (Lipinski definition) is 4. The molecule has 0 saturated carbocycles. The van der Waals surface area contributed by atoms with Crippen LogP contribution in [0.2, 0.25) is 5.02 Å². The van der Waals surface area contributed by atoms with Crippen LogP contribution in [0.4, 0.5) is 5.69 Å². The van der Waals surface area contributed by atoms with Crippen molar-refractivity contribution in [1.82, 2.24) is 4.98 Å². The van der Waals surface area contributed by atoms with Gasteiger partial charge in [-0.1, -0.05) is 11.6 Å². The van der Waals surface area contributed by atoms with Crippen LogP contribution in [0, 0.1) is 13.8 Å². The van der Waals surface area contributed by atoms with Crippen molar-refractivity contribution < 1.29 is 14.3 Å². The molecule has 0 aliphatic rings. The Kier molecular flexibility index (Phi) is 6.05. The number of aromatic nitrogens is 1. The van der Waals surface area contributed by atoms with Crippen LogP contribution in [0.1, 0.15) is 25.0 Å². The predicted molar refractivity (Wildman–Crippen MR) is 113 cm³/mol. The fourth-order valence-electron chi connectivity index (χ4n) is 2.99. The van der Waals surface area contributed by atoms with Crippen molar-refractivity contribution >= 4 is 34.1 Å². The number of halogens is 1. The number of nitrogens with zero attached hydrogens (tertiary/aromatic N) is 1. The van der Waals surface area contributed by atoms with E-state index in [4.69, 9.17) is 21.1 Å². The van der Waals surface area contributed by atoms with E-state index >= 15 is 0 Å². The highest BCUT2D eigenvalue weighted by atomic mass is 35.5. The Balaban J connectivity index is 1.80. The summed E-state index contributed by atoms with van der Waals surface area (Å²) in [4.78, 5) is 17.1. The van der Waals surface area contributed by atoms with E-state index in [1.165, 1.54) is 0 Å². The molecule has 3 aromatic rings. The molecule has 28 heavy (non-hydrogen) atoms. The van der Waals surface area contributed by atoms with Crippen molar-refractivity contribution in [3.8, 4) is 11.5 Å². The lowest BCUT2D eigenvalue weighted by Gasteiger charge is -2.17. The van der Waals surface area contributed by atoms with E-state index in [0.29, 0.717) is 34.3 Å². The molecule has 1 aromatic heterocycles. The summed E-state index contributed by atoms with van der Waals surface area (Å²) < 4.78 is 11.5. The lowest BCUT2D eigenvalue weighted by Crippen LogP contribution is -2.30. The Hall–Kier alpha value is -2.79. The van der Waals surface area contributed by atoms with Gasteiger partial charge < -0.3 is 14.8 Å². The number of ether oxygens (including phenoxy) is 2. The average Bonchev–Trinajstić information content (AvgIpc) is 2.68. The molecule has 3 rings (SSSR count). The lowest BCUT2D eigenvalue weighted by molar-refractivity contribution is -0.122. The third-order valence-corrected chi connectivity index (χ3v) is 4.98. The molecule has 1 N–H and O–H groups in total. The van der Waals surface area contributed by atoms with Gasteiger partial charge in [0.2, 0.25) is 0 Å². The molecule has 1 heterocycles. The Labute approximate surface area is 169 Å². The molecule has 146 valence electrons. The van der Waals surface area contributed by atoms with Crippen LogP contribution in [0.3, 0.4) is 0 Å². The molecule has 0 aliphatic carbocycles. The minimum absolute atomic E-state index is 0.250. The summed E-state index contributed by atoms with van der Waals surface area (Å²) in [5.74, 6) is 1.05. The van der Waals surface area contributed by atoms with Gasteiger partial charge >= 0.3 is 0 Å². The van der Waals surface area contributed by atoms with Crippen molar-refractivity contribution in [2.75, 3.05) is 11.9 Å². The van der Waals surface area contributed by atoms with Gasteiger partial charge in [-0.3, -0.25) is 9.78 Å². The smallest absolute Gasteiger partial charge is 0.265 e. The molecule has 0 fully saturated rings. The number of aryl methyl sites for hydroxylation is 2. The van der Waals surface area contributed by atoms with Crippen molar-refractivity contribution in [3.05, 3.63) is 58.7 Å². The van der Waals surface area contributed by atoms with Gasteiger partial charge in [0, 0.05) is 16.6 Å². The van der Waals surface area contributed by atoms with Crippen LogP contribution >= 0.6 is 11.6 Å². The molecular weight excluding hydrogens is 376 g/mol. The van der Waals surface area contributed by atoms with E-state index in [2.05, 4.69) is 10.3 Å². The van der Waals surface area contributed by atoms with Gasteiger partial charge in [0.05, 0.1) is 12.3 Å². The molecule has 0 radical (unpaired) electrons. The van der Waals surface area contributed by atoms with Crippen LogP contribution in [0.5, 0.6) is 11.5 Å². The summed E-state index contributed by atoms with van der Waals surface area (Å²) in [5, 5.41) is 4.45. The maximum atomic E-state index is 12.7. The summed E-state index contributed by atoms with van der Waals surface area (Å²) in [5.41, 5.74) is 3.19. The van der Waals surface area contributed by atoms with Gasteiger partial charge in [0.1, 0.15) is 17.0 Å². The summed E-state index contributed by atoms with van der Waals surface area (Å²) in [7, 11) is 0. The second-order valence-electron chi connectivity index (χ2n) is 6.56. The number of benzene rings is 2. The van der Waals surface area contributed by atoms with E-state index in [1.807, 2.05) is 57.2 Å². The molecule has 1 atom stereocenters.